The van der Waals surface area contributed by atoms with E-state index in [0.717, 1.165) is 4.67 Å². The Morgan fingerprint density at radius 2 is 1.50 bits per heavy atom. The number of alkyl halides is 2. The molecule has 0 bridgehead atoms. The van der Waals surface area contributed by atoms with E-state index in [9.17, 15) is 4.57 Å². The molecule has 2 N–H and O–H groups in total. The van der Waals surface area contributed by atoms with Gasteiger partial charge in [-0.2, -0.15) is 0 Å². The van der Waals surface area contributed by atoms with Gasteiger partial charge in [0.05, 0.1) is 0 Å². The van der Waals surface area contributed by atoms with Crippen LogP contribution in [0.5, 0.6) is 0 Å². The van der Waals surface area contributed by atoms with Crippen LogP contribution in [0.25, 0.3) is 0 Å². The summed E-state index contributed by atoms with van der Waals surface area (Å²) in [7, 11) is -4.14. The third kappa shape index (κ3) is 7.70. The minimum atomic E-state index is -4.14. The van der Waals surface area contributed by atoms with Gasteiger partial charge >= 0.3 is 59.1 Å². The number of rotatable bonds is 5. The second-order valence-corrected chi connectivity index (χ2v) is 4.19. The minimum Gasteiger partial charge on any atom is -0.312 e. The summed E-state index contributed by atoms with van der Waals surface area (Å²) in [5.41, 5.74) is 0. The van der Waals surface area contributed by atoms with E-state index in [1.807, 2.05) is 0 Å². The molecule has 0 rings (SSSR count). The number of hydrogen-bond acceptors (Lipinski definition) is 1. The van der Waals surface area contributed by atoms with Crippen LogP contribution in [0.1, 0.15) is 0 Å². The van der Waals surface area contributed by atoms with Gasteiger partial charge in [-0.15, -0.1) is 23.2 Å². The summed E-state index contributed by atoms with van der Waals surface area (Å²) in [4.78, 5) is 17.3. The predicted molar refractivity (Wildman–Crippen MR) is 45.1 cm³/mol. The van der Waals surface area contributed by atoms with Crippen LogP contribution in [0.4, 0.5) is 0 Å². The Bertz CT molecular complexity index is 149. The molecule has 0 saturated carbocycles. The molecule has 4 nitrogen and oxygen atoms in total. The van der Waals surface area contributed by atoms with E-state index < -0.39 is 7.75 Å². The first-order valence-corrected chi connectivity index (χ1v) is 5.58. The fourth-order valence-corrected chi connectivity index (χ4v) is 1.93. The molecular formula is C4H10Cl2KNO3P+. The molecule has 0 unspecified atom stereocenters. The average Bonchev–Trinajstić information content (AvgIpc) is 1.85. The maximum atomic E-state index is 10.6. The average molecular weight is 261 g/mol. The zero-order valence-corrected chi connectivity index (χ0v) is 12.3. The molecule has 12 heavy (non-hydrogen) atoms. The van der Waals surface area contributed by atoms with E-state index in [4.69, 9.17) is 33.0 Å². The molecular weight excluding hydrogens is 251 g/mol. The Hall–Kier alpha value is 2.33. The molecule has 0 atom stereocenters. The summed E-state index contributed by atoms with van der Waals surface area (Å²) in [6.07, 6.45) is 0. The van der Waals surface area contributed by atoms with E-state index in [1.54, 1.807) is 0 Å². The van der Waals surface area contributed by atoms with Crippen molar-refractivity contribution in [3.8, 4) is 0 Å². The minimum absolute atomic E-state index is 0. The van der Waals surface area contributed by atoms with Gasteiger partial charge in [0.2, 0.25) is 0 Å². The summed E-state index contributed by atoms with van der Waals surface area (Å²) in [6.45, 7) is 0.303. The predicted octanol–water partition coefficient (Wildman–Crippen LogP) is -2.14. The molecule has 0 radical (unpaired) electrons. The van der Waals surface area contributed by atoms with E-state index in [-0.39, 0.29) is 76.2 Å². The third-order valence-electron chi connectivity index (χ3n) is 1.05. The monoisotopic (exact) mass is 260 g/mol. The van der Waals surface area contributed by atoms with Crippen molar-refractivity contribution in [1.82, 2.24) is 4.67 Å². The normalized spacial score (nSPS) is 11.4. The van der Waals surface area contributed by atoms with Crippen molar-refractivity contribution in [2.75, 3.05) is 24.8 Å². The quantitative estimate of drug-likeness (QED) is 0.337. The molecule has 0 aromatic heterocycles. The van der Waals surface area contributed by atoms with Gasteiger partial charge in [-0.25, -0.2) is 9.24 Å². The second kappa shape index (κ2) is 8.62. The standard InChI is InChI=1S/C4H10Cl2NO3P.K/c5-1-3-7(4-2-6)11(8,9)10;/h1-4H2,(H2,8,9,10);/q;+1. The summed E-state index contributed by atoms with van der Waals surface area (Å²) in [5, 5.41) is 0. The summed E-state index contributed by atoms with van der Waals surface area (Å²) < 4.78 is 11.6. The molecule has 0 aliphatic carbocycles. The number of halogens is 2. The van der Waals surface area contributed by atoms with Crippen LogP contribution in [0.2, 0.25) is 0 Å². The van der Waals surface area contributed by atoms with Gasteiger partial charge in [0.1, 0.15) is 0 Å². The Balaban J connectivity index is 0. The van der Waals surface area contributed by atoms with E-state index in [1.165, 1.54) is 0 Å². The van der Waals surface area contributed by atoms with Crippen LogP contribution in [-0.4, -0.2) is 39.3 Å². The Morgan fingerprint density at radius 1 is 1.17 bits per heavy atom. The summed E-state index contributed by atoms with van der Waals surface area (Å²) in [6, 6.07) is 0. The van der Waals surface area contributed by atoms with Crippen LogP contribution in [0.15, 0.2) is 0 Å². The van der Waals surface area contributed by atoms with Crippen LogP contribution in [-0.2, 0) is 4.57 Å². The zero-order chi connectivity index (χ0) is 8.91. The number of hydrogen-bond donors (Lipinski definition) is 2. The molecule has 0 aliphatic rings. The van der Waals surface area contributed by atoms with Gasteiger partial charge in [0.15, 0.2) is 0 Å². The Morgan fingerprint density at radius 3 is 1.67 bits per heavy atom. The van der Waals surface area contributed by atoms with E-state index in [0.29, 0.717) is 0 Å². The first-order valence-electron chi connectivity index (χ1n) is 2.95. The Labute approximate surface area is 124 Å². The molecule has 0 spiro atoms. The van der Waals surface area contributed by atoms with E-state index >= 15 is 0 Å². The smallest absolute Gasteiger partial charge is 0.312 e. The van der Waals surface area contributed by atoms with Gasteiger partial charge in [-0.05, 0) is 0 Å². The maximum absolute atomic E-state index is 10.6. The maximum Gasteiger partial charge on any atom is 1.00 e. The molecule has 0 amide bonds. The summed E-state index contributed by atoms with van der Waals surface area (Å²) >= 11 is 10.6. The van der Waals surface area contributed by atoms with Gasteiger partial charge in [-0.3, -0.25) is 0 Å². The van der Waals surface area contributed by atoms with Crippen molar-refractivity contribution in [2.45, 2.75) is 0 Å². The van der Waals surface area contributed by atoms with Crippen LogP contribution < -0.4 is 51.4 Å². The molecule has 0 fully saturated rings. The molecule has 68 valence electrons. The number of nitrogens with zero attached hydrogens (tertiary/aromatic N) is 1. The van der Waals surface area contributed by atoms with Crippen molar-refractivity contribution in [3.63, 3.8) is 0 Å². The van der Waals surface area contributed by atoms with Gasteiger partial charge in [0, 0.05) is 24.8 Å². The van der Waals surface area contributed by atoms with Crippen molar-refractivity contribution >= 4 is 30.9 Å². The molecule has 0 saturated heterocycles. The molecule has 0 aromatic carbocycles. The zero-order valence-electron chi connectivity index (χ0n) is 6.78. The second-order valence-electron chi connectivity index (χ2n) is 1.84. The fourth-order valence-electron chi connectivity index (χ4n) is 0.567. The largest absolute Gasteiger partial charge is 1.00 e. The van der Waals surface area contributed by atoms with Crippen LogP contribution in [0, 0.1) is 0 Å². The topological polar surface area (TPSA) is 60.8 Å². The summed E-state index contributed by atoms with van der Waals surface area (Å²) in [5.74, 6) is 0.365. The first-order chi connectivity index (χ1) is 5.02. The molecule has 0 heterocycles. The van der Waals surface area contributed by atoms with Crippen molar-refractivity contribution in [2.24, 2.45) is 0 Å². The van der Waals surface area contributed by atoms with Crippen molar-refractivity contribution in [1.29, 1.82) is 0 Å². The SMILES string of the molecule is O=P(O)(O)N(CCCl)CCCl.[K+]. The van der Waals surface area contributed by atoms with Gasteiger partial charge < -0.3 is 9.79 Å². The first kappa shape index (κ1) is 16.7. The Kier molecular flexibility index (Phi) is 12.0. The molecule has 8 heteroatoms. The van der Waals surface area contributed by atoms with Gasteiger partial charge in [-0.1, -0.05) is 0 Å². The molecule has 0 aliphatic heterocycles. The third-order valence-corrected chi connectivity index (χ3v) is 2.53. The van der Waals surface area contributed by atoms with E-state index in [2.05, 4.69) is 0 Å². The fraction of sp³-hybridized carbons (Fsp3) is 1.00. The van der Waals surface area contributed by atoms with Crippen LogP contribution in [0.3, 0.4) is 0 Å². The van der Waals surface area contributed by atoms with Crippen molar-refractivity contribution in [3.05, 3.63) is 0 Å². The van der Waals surface area contributed by atoms with Gasteiger partial charge in [0.25, 0.3) is 0 Å². The molecule has 0 aromatic rings. The van der Waals surface area contributed by atoms with Crippen molar-refractivity contribution < 1.29 is 65.7 Å². The van der Waals surface area contributed by atoms with Crippen LogP contribution >= 0.6 is 30.9 Å².